The Morgan fingerprint density at radius 1 is 1.29 bits per heavy atom. The predicted octanol–water partition coefficient (Wildman–Crippen LogP) is 3.54. The molecule has 0 amide bonds. The lowest BCUT2D eigenvalue weighted by Crippen LogP contribution is -1.84. The van der Waals surface area contributed by atoms with Gasteiger partial charge >= 0.3 is 0 Å². The lowest BCUT2D eigenvalue weighted by Gasteiger charge is -1.99. The first-order chi connectivity index (χ1) is 6.74. The van der Waals surface area contributed by atoms with Crippen LogP contribution in [0.15, 0.2) is 35.2 Å². The monoisotopic (exact) mass is 232 g/mol. The number of hydrogen-bond donors (Lipinski definition) is 1. The molecule has 0 heterocycles. The molecule has 0 fully saturated rings. The van der Waals surface area contributed by atoms with E-state index < -0.39 is 11.6 Å². The molecule has 0 aromatic heterocycles. The molecule has 0 radical (unpaired) electrons. The molecule has 14 heavy (non-hydrogen) atoms. The maximum absolute atomic E-state index is 13.1. The van der Waals surface area contributed by atoms with E-state index in [0.29, 0.717) is 16.4 Å². The first-order valence-corrected chi connectivity index (χ1v) is 5.69. The van der Waals surface area contributed by atoms with E-state index in [-0.39, 0.29) is 0 Å². The molecule has 0 nitrogen and oxygen atoms in total. The lowest BCUT2D eigenvalue weighted by atomic mass is 10.3. The van der Waals surface area contributed by atoms with Crippen molar-refractivity contribution in [1.29, 1.82) is 0 Å². The van der Waals surface area contributed by atoms with Crippen molar-refractivity contribution >= 4 is 24.4 Å². The maximum atomic E-state index is 13.1. The van der Waals surface area contributed by atoms with E-state index in [2.05, 4.69) is 12.6 Å². The zero-order valence-corrected chi connectivity index (χ0v) is 9.12. The van der Waals surface area contributed by atoms with Crippen LogP contribution in [0.3, 0.4) is 0 Å². The number of thiol groups is 1. The van der Waals surface area contributed by atoms with Gasteiger partial charge in [0.25, 0.3) is 0 Å². The number of benzene rings is 1. The van der Waals surface area contributed by atoms with E-state index in [0.717, 1.165) is 6.07 Å². The summed E-state index contributed by atoms with van der Waals surface area (Å²) in [6.07, 6.45) is 3.79. The number of rotatable bonds is 4. The van der Waals surface area contributed by atoms with E-state index in [1.54, 1.807) is 0 Å². The first-order valence-electron chi connectivity index (χ1n) is 4.07. The van der Waals surface area contributed by atoms with Gasteiger partial charge in [0.15, 0.2) is 0 Å². The van der Waals surface area contributed by atoms with Crippen LogP contribution in [0.4, 0.5) is 8.78 Å². The highest BCUT2D eigenvalue weighted by molar-refractivity contribution is 7.99. The van der Waals surface area contributed by atoms with Crippen molar-refractivity contribution in [2.24, 2.45) is 0 Å². The van der Waals surface area contributed by atoms with Crippen molar-refractivity contribution < 1.29 is 8.78 Å². The van der Waals surface area contributed by atoms with Gasteiger partial charge in [-0.05, 0) is 12.1 Å². The van der Waals surface area contributed by atoms with Crippen LogP contribution in [0, 0.1) is 11.6 Å². The molecular formula is C10H10F2S2. The standard InChI is InChI=1S/C10H10F2S2/c11-8-3-4-10(9(12)7-8)14-6-2-1-5-13/h1-4,7,13H,5-6H2. The number of thioether (sulfide) groups is 1. The van der Waals surface area contributed by atoms with E-state index in [4.69, 9.17) is 0 Å². The minimum atomic E-state index is -0.544. The normalized spacial score (nSPS) is 11.1. The van der Waals surface area contributed by atoms with E-state index >= 15 is 0 Å². The van der Waals surface area contributed by atoms with Gasteiger partial charge in [-0.3, -0.25) is 0 Å². The maximum Gasteiger partial charge on any atom is 0.139 e. The molecule has 0 aliphatic heterocycles. The average molecular weight is 232 g/mol. The van der Waals surface area contributed by atoms with Crippen molar-refractivity contribution in [3.05, 3.63) is 42.0 Å². The summed E-state index contributed by atoms with van der Waals surface area (Å²) in [7, 11) is 0. The van der Waals surface area contributed by atoms with Gasteiger partial charge in [0.05, 0.1) is 0 Å². The fourth-order valence-electron chi connectivity index (χ4n) is 0.873. The molecule has 76 valence electrons. The third-order valence-corrected chi connectivity index (χ3v) is 2.71. The van der Waals surface area contributed by atoms with Crippen LogP contribution in [0.25, 0.3) is 0 Å². The van der Waals surface area contributed by atoms with Crippen molar-refractivity contribution in [2.75, 3.05) is 11.5 Å². The molecule has 1 aromatic rings. The van der Waals surface area contributed by atoms with Crippen LogP contribution in [0.2, 0.25) is 0 Å². The highest BCUT2D eigenvalue weighted by Gasteiger charge is 2.02. The van der Waals surface area contributed by atoms with E-state index in [1.807, 2.05) is 12.2 Å². The Hall–Kier alpha value is -0.480. The summed E-state index contributed by atoms with van der Waals surface area (Å²) in [4.78, 5) is 0.468. The minimum Gasteiger partial charge on any atom is -0.207 e. The Kier molecular flexibility index (Phi) is 5.04. The largest absolute Gasteiger partial charge is 0.207 e. The summed E-state index contributed by atoms with van der Waals surface area (Å²) in [6.45, 7) is 0. The van der Waals surface area contributed by atoms with Crippen molar-refractivity contribution in [1.82, 2.24) is 0 Å². The quantitative estimate of drug-likeness (QED) is 0.470. The van der Waals surface area contributed by atoms with Crippen LogP contribution in [0.1, 0.15) is 0 Å². The van der Waals surface area contributed by atoms with Gasteiger partial charge in [0.2, 0.25) is 0 Å². The Labute approximate surface area is 91.8 Å². The number of hydrogen-bond acceptors (Lipinski definition) is 2. The second-order valence-corrected chi connectivity index (χ2v) is 3.97. The molecule has 0 saturated carbocycles. The summed E-state index contributed by atoms with van der Waals surface area (Å²) in [5.41, 5.74) is 0. The summed E-state index contributed by atoms with van der Waals surface area (Å²) in [5, 5.41) is 0. The Balaban J connectivity index is 2.55. The van der Waals surface area contributed by atoms with E-state index in [9.17, 15) is 8.78 Å². The highest BCUT2D eigenvalue weighted by atomic mass is 32.2. The van der Waals surface area contributed by atoms with Crippen LogP contribution < -0.4 is 0 Å². The molecule has 0 bridgehead atoms. The molecule has 0 aliphatic carbocycles. The van der Waals surface area contributed by atoms with Gasteiger partial charge < -0.3 is 0 Å². The predicted molar refractivity (Wildman–Crippen MR) is 60.1 cm³/mol. The smallest absolute Gasteiger partial charge is 0.139 e. The molecule has 0 atom stereocenters. The minimum absolute atomic E-state index is 0.468. The zero-order chi connectivity index (χ0) is 10.4. The molecule has 1 rings (SSSR count). The Bertz CT molecular complexity index is 324. The third kappa shape index (κ3) is 3.72. The molecule has 1 aromatic carbocycles. The lowest BCUT2D eigenvalue weighted by molar-refractivity contribution is 0.566. The summed E-state index contributed by atoms with van der Waals surface area (Å²) >= 11 is 5.33. The highest BCUT2D eigenvalue weighted by Crippen LogP contribution is 2.22. The van der Waals surface area contributed by atoms with Gasteiger partial charge in [0.1, 0.15) is 11.6 Å². The molecular weight excluding hydrogens is 222 g/mol. The van der Waals surface area contributed by atoms with Crippen LogP contribution in [0.5, 0.6) is 0 Å². The first kappa shape index (κ1) is 11.6. The molecule has 0 N–H and O–H groups in total. The van der Waals surface area contributed by atoms with Gasteiger partial charge in [0, 0.05) is 22.5 Å². The van der Waals surface area contributed by atoms with Crippen molar-refractivity contribution in [3.63, 3.8) is 0 Å². The Morgan fingerprint density at radius 2 is 2.07 bits per heavy atom. The molecule has 0 aliphatic rings. The summed E-state index contributed by atoms with van der Waals surface area (Å²) < 4.78 is 25.6. The molecule has 0 unspecified atom stereocenters. The summed E-state index contributed by atoms with van der Waals surface area (Å²) in [6, 6.07) is 3.60. The van der Waals surface area contributed by atoms with Gasteiger partial charge in [-0.2, -0.15) is 12.6 Å². The molecule has 0 saturated heterocycles. The van der Waals surface area contributed by atoms with Gasteiger partial charge in [-0.1, -0.05) is 12.2 Å². The second-order valence-electron chi connectivity index (χ2n) is 2.54. The SMILES string of the molecule is Fc1ccc(SCC=CCS)c(F)c1. The Morgan fingerprint density at radius 3 is 2.71 bits per heavy atom. The second kappa shape index (κ2) is 6.09. The van der Waals surface area contributed by atoms with Crippen LogP contribution in [-0.4, -0.2) is 11.5 Å². The number of halogens is 2. The van der Waals surface area contributed by atoms with Crippen LogP contribution in [-0.2, 0) is 0 Å². The van der Waals surface area contributed by atoms with Crippen molar-refractivity contribution in [3.8, 4) is 0 Å². The van der Waals surface area contributed by atoms with Gasteiger partial charge in [-0.25, -0.2) is 8.78 Å². The topological polar surface area (TPSA) is 0 Å². The molecule has 4 heteroatoms. The average Bonchev–Trinajstić information content (AvgIpc) is 2.15. The van der Waals surface area contributed by atoms with Crippen molar-refractivity contribution in [2.45, 2.75) is 4.90 Å². The fraction of sp³-hybridized carbons (Fsp3) is 0.200. The van der Waals surface area contributed by atoms with E-state index in [1.165, 1.54) is 23.9 Å². The third-order valence-electron chi connectivity index (χ3n) is 1.50. The zero-order valence-electron chi connectivity index (χ0n) is 7.41. The molecule has 0 spiro atoms. The summed E-state index contributed by atoms with van der Waals surface area (Å²) in [5.74, 6) is 0.294. The van der Waals surface area contributed by atoms with Crippen LogP contribution >= 0.6 is 24.4 Å². The van der Waals surface area contributed by atoms with Gasteiger partial charge in [-0.15, -0.1) is 11.8 Å². The fourth-order valence-corrected chi connectivity index (χ4v) is 1.79.